The van der Waals surface area contributed by atoms with Gasteiger partial charge in [0.1, 0.15) is 0 Å². The number of hydrogen-bond donors (Lipinski definition) is 1. The number of anilines is 1. The van der Waals surface area contributed by atoms with Gasteiger partial charge in [-0.2, -0.15) is 4.68 Å². The van der Waals surface area contributed by atoms with Crippen LogP contribution < -0.4 is 27.0 Å². The van der Waals surface area contributed by atoms with E-state index in [0.717, 1.165) is 16.8 Å². The van der Waals surface area contributed by atoms with Crippen molar-refractivity contribution < 1.29 is 26.5 Å². The zero-order valence-electron chi connectivity index (χ0n) is 15.4. The summed E-state index contributed by atoms with van der Waals surface area (Å²) in [6, 6.07) is 6.79. The van der Waals surface area contributed by atoms with Crippen molar-refractivity contribution in [1.82, 2.24) is 4.68 Å². The molecule has 0 bridgehead atoms. The maximum atomic E-state index is 12.6. The Morgan fingerprint density at radius 3 is 2.44 bits per heavy atom. The fourth-order valence-corrected chi connectivity index (χ4v) is 3.90. The van der Waals surface area contributed by atoms with Crippen LogP contribution in [0.15, 0.2) is 30.6 Å². The molecule has 25 heavy (non-hydrogen) atoms. The SMILES string of the molecule is Cc1cc(C)c(NC(=O)C[n+]2cccn2C2CCCCC2)c(C)c1.[Br-]. The maximum Gasteiger partial charge on any atom is 0.292 e. The lowest BCUT2D eigenvalue weighted by atomic mass is 9.96. The molecule has 0 aliphatic heterocycles. The fourth-order valence-electron chi connectivity index (χ4n) is 3.90. The molecule has 0 spiro atoms. The van der Waals surface area contributed by atoms with Crippen molar-refractivity contribution in [2.24, 2.45) is 0 Å². The number of rotatable bonds is 4. The van der Waals surface area contributed by atoms with Crippen molar-refractivity contribution in [3.8, 4) is 0 Å². The molecule has 5 heteroatoms. The Balaban J connectivity index is 0.00000225. The summed E-state index contributed by atoms with van der Waals surface area (Å²) < 4.78 is 4.29. The van der Waals surface area contributed by atoms with E-state index in [1.54, 1.807) is 0 Å². The fraction of sp³-hybridized carbons (Fsp3) is 0.500. The van der Waals surface area contributed by atoms with Crippen molar-refractivity contribution in [2.75, 3.05) is 5.32 Å². The summed E-state index contributed by atoms with van der Waals surface area (Å²) >= 11 is 0. The molecule has 1 aliphatic rings. The zero-order valence-corrected chi connectivity index (χ0v) is 17.0. The van der Waals surface area contributed by atoms with Crippen LogP contribution in [0.4, 0.5) is 5.69 Å². The molecule has 0 unspecified atom stereocenters. The van der Waals surface area contributed by atoms with E-state index in [1.165, 1.54) is 37.7 Å². The topological polar surface area (TPSA) is 37.9 Å². The van der Waals surface area contributed by atoms with Crippen molar-refractivity contribution in [2.45, 2.75) is 65.5 Å². The first-order valence-corrected chi connectivity index (χ1v) is 8.99. The van der Waals surface area contributed by atoms with Crippen LogP contribution in [0, 0.1) is 20.8 Å². The minimum Gasteiger partial charge on any atom is -1.00 e. The minimum atomic E-state index is 0. The third kappa shape index (κ3) is 4.72. The van der Waals surface area contributed by atoms with Gasteiger partial charge in [0.2, 0.25) is 6.54 Å². The van der Waals surface area contributed by atoms with Gasteiger partial charge in [-0.25, -0.2) is 0 Å². The lowest BCUT2D eigenvalue weighted by Gasteiger charge is -2.21. The van der Waals surface area contributed by atoms with Gasteiger partial charge in [0, 0.05) is 11.8 Å². The summed E-state index contributed by atoms with van der Waals surface area (Å²) in [6.07, 6.45) is 10.4. The van der Waals surface area contributed by atoms with Crippen molar-refractivity contribution in [3.05, 3.63) is 47.3 Å². The van der Waals surface area contributed by atoms with E-state index in [1.807, 2.05) is 30.8 Å². The van der Waals surface area contributed by atoms with Gasteiger partial charge in [0.25, 0.3) is 5.91 Å². The van der Waals surface area contributed by atoms with Gasteiger partial charge in [0.05, 0.1) is 12.2 Å². The Kier molecular flexibility index (Phi) is 6.82. The van der Waals surface area contributed by atoms with Gasteiger partial charge >= 0.3 is 0 Å². The largest absolute Gasteiger partial charge is 1.00 e. The van der Waals surface area contributed by atoms with E-state index >= 15 is 0 Å². The van der Waals surface area contributed by atoms with Crippen LogP contribution in [0.1, 0.15) is 54.8 Å². The second kappa shape index (κ2) is 8.65. The lowest BCUT2D eigenvalue weighted by Crippen LogP contribution is -3.00. The molecule has 1 N–H and O–H groups in total. The average molecular weight is 406 g/mol. The smallest absolute Gasteiger partial charge is 0.292 e. The van der Waals surface area contributed by atoms with Crippen LogP contribution in [0.5, 0.6) is 0 Å². The van der Waals surface area contributed by atoms with E-state index in [9.17, 15) is 4.79 Å². The first-order valence-electron chi connectivity index (χ1n) is 8.99. The predicted octanol–water partition coefficient (Wildman–Crippen LogP) is 0.849. The number of carbonyl (C=O) groups excluding carboxylic acids is 1. The molecule has 4 nitrogen and oxygen atoms in total. The summed E-state index contributed by atoms with van der Waals surface area (Å²) in [4.78, 5) is 12.6. The molecule has 1 heterocycles. The first kappa shape index (κ1) is 19.7. The van der Waals surface area contributed by atoms with Gasteiger partial charge in [0.15, 0.2) is 6.20 Å². The second-order valence-corrected chi connectivity index (χ2v) is 7.08. The highest BCUT2D eigenvalue weighted by molar-refractivity contribution is 5.91. The molecule has 3 rings (SSSR count). The van der Waals surface area contributed by atoms with Crippen molar-refractivity contribution >= 4 is 11.6 Å². The molecular formula is C20H28BrN3O. The third-order valence-electron chi connectivity index (χ3n) is 4.99. The molecular weight excluding hydrogens is 378 g/mol. The second-order valence-electron chi connectivity index (χ2n) is 7.08. The zero-order chi connectivity index (χ0) is 17.1. The van der Waals surface area contributed by atoms with E-state index in [2.05, 4.69) is 35.3 Å². The number of aromatic nitrogens is 2. The normalized spacial score (nSPS) is 14.8. The highest BCUT2D eigenvalue weighted by Gasteiger charge is 2.23. The molecule has 136 valence electrons. The standard InChI is InChI=1S/C20H27N3O.BrH/c1-15-12-16(2)20(17(3)13-15)21-19(24)14-22-10-7-11-23(22)18-8-5-4-6-9-18;/h7,10-13,18H,4-6,8-9,14H2,1-3H3;1H. The molecule has 2 aromatic rings. The number of benzene rings is 1. The maximum absolute atomic E-state index is 12.6. The monoisotopic (exact) mass is 405 g/mol. The van der Waals surface area contributed by atoms with Gasteiger partial charge in [-0.1, -0.05) is 37.0 Å². The molecule has 1 aromatic heterocycles. The minimum absolute atomic E-state index is 0. The quantitative estimate of drug-likeness (QED) is 0.752. The van der Waals surface area contributed by atoms with E-state index in [-0.39, 0.29) is 22.9 Å². The Morgan fingerprint density at radius 1 is 1.16 bits per heavy atom. The summed E-state index contributed by atoms with van der Waals surface area (Å²) in [7, 11) is 0. The van der Waals surface area contributed by atoms with Crippen molar-refractivity contribution in [1.29, 1.82) is 0 Å². The first-order chi connectivity index (χ1) is 11.5. The van der Waals surface area contributed by atoms with Gasteiger partial charge in [-0.3, -0.25) is 4.79 Å². The average Bonchev–Trinajstić information content (AvgIpc) is 3.00. The molecule has 1 fully saturated rings. The molecule has 1 saturated carbocycles. The van der Waals surface area contributed by atoms with Gasteiger partial charge in [-0.05, 0) is 44.7 Å². The number of nitrogens with zero attached hydrogens (tertiary/aromatic N) is 2. The Labute approximate surface area is 161 Å². The third-order valence-corrected chi connectivity index (χ3v) is 4.99. The summed E-state index contributed by atoms with van der Waals surface area (Å²) in [5.74, 6) is 0.0332. The number of amides is 1. The van der Waals surface area contributed by atoms with E-state index < -0.39 is 0 Å². The van der Waals surface area contributed by atoms with Crippen molar-refractivity contribution in [3.63, 3.8) is 0 Å². The number of aryl methyl sites for hydroxylation is 3. The summed E-state index contributed by atoms with van der Waals surface area (Å²) in [5.41, 5.74) is 4.41. The van der Waals surface area contributed by atoms with Gasteiger partial charge in [-0.15, -0.1) is 4.68 Å². The molecule has 0 saturated heterocycles. The van der Waals surface area contributed by atoms with Gasteiger partial charge < -0.3 is 22.3 Å². The molecule has 1 aromatic carbocycles. The summed E-state index contributed by atoms with van der Waals surface area (Å²) in [5, 5.41) is 3.10. The van der Waals surface area contributed by atoms with Crippen LogP contribution in [0.3, 0.4) is 0 Å². The summed E-state index contributed by atoms with van der Waals surface area (Å²) in [6.45, 7) is 6.54. The number of halogens is 1. The van der Waals surface area contributed by atoms with E-state index in [4.69, 9.17) is 0 Å². The molecule has 0 radical (unpaired) electrons. The molecule has 1 aliphatic carbocycles. The number of carbonyl (C=O) groups is 1. The van der Waals surface area contributed by atoms with Crippen LogP contribution >= 0.6 is 0 Å². The van der Waals surface area contributed by atoms with Crippen LogP contribution in [-0.4, -0.2) is 10.6 Å². The van der Waals surface area contributed by atoms with Crippen LogP contribution in [0.2, 0.25) is 0 Å². The Hall–Kier alpha value is -1.62. The van der Waals surface area contributed by atoms with Crippen LogP contribution in [-0.2, 0) is 11.3 Å². The predicted molar refractivity (Wildman–Crippen MR) is 96.0 cm³/mol. The van der Waals surface area contributed by atoms with E-state index in [0.29, 0.717) is 12.6 Å². The lowest BCUT2D eigenvalue weighted by molar-refractivity contribution is -0.767. The Morgan fingerprint density at radius 2 is 1.80 bits per heavy atom. The highest BCUT2D eigenvalue weighted by Crippen LogP contribution is 2.26. The Bertz CT molecular complexity index is 709. The highest BCUT2D eigenvalue weighted by atomic mass is 79.9. The molecule has 0 atom stereocenters. The molecule has 1 amide bonds. The number of nitrogens with one attached hydrogen (secondary N) is 1. The number of hydrogen-bond acceptors (Lipinski definition) is 1. The van der Waals surface area contributed by atoms with Crippen LogP contribution in [0.25, 0.3) is 0 Å².